The number of hydrogen-bond acceptors (Lipinski definition) is 5. The second-order valence-corrected chi connectivity index (χ2v) is 6.12. The summed E-state index contributed by atoms with van der Waals surface area (Å²) in [7, 11) is 0. The van der Waals surface area contributed by atoms with Gasteiger partial charge in [-0.2, -0.15) is 0 Å². The number of amides is 3. The van der Waals surface area contributed by atoms with Gasteiger partial charge in [-0.25, -0.2) is 4.79 Å². The molecule has 1 atom stereocenters. The van der Waals surface area contributed by atoms with E-state index < -0.39 is 24.0 Å². The van der Waals surface area contributed by atoms with Crippen LogP contribution in [0.2, 0.25) is 0 Å². The van der Waals surface area contributed by atoms with Crippen molar-refractivity contribution < 1.29 is 19.1 Å². The Hall–Kier alpha value is -1.54. The number of ether oxygens (including phenoxy) is 1. The first-order valence-corrected chi connectivity index (χ1v) is 7.76. The monoisotopic (exact) mass is 374 g/mol. The molecule has 0 aromatic heterocycles. The number of primary amides is 1. The molecule has 6 nitrogen and oxygen atoms in total. The van der Waals surface area contributed by atoms with Crippen LogP contribution in [-0.2, 0) is 14.3 Å². The zero-order chi connectivity index (χ0) is 16.0. The Labute approximate surface area is 134 Å². The van der Waals surface area contributed by atoms with Crippen molar-refractivity contribution in [2.24, 2.45) is 5.73 Å². The highest BCUT2D eigenvalue weighted by Crippen LogP contribution is 2.25. The number of aryl methyl sites for hydroxylation is 1. The lowest BCUT2D eigenvalue weighted by atomic mass is 10.2. The van der Waals surface area contributed by atoms with Crippen LogP contribution in [0.25, 0.3) is 0 Å². The van der Waals surface area contributed by atoms with Crippen LogP contribution in [0.5, 0.6) is 0 Å². The zero-order valence-electron chi connectivity index (χ0n) is 11.5. The Morgan fingerprint density at radius 2 is 2.10 bits per heavy atom. The van der Waals surface area contributed by atoms with E-state index in [0.717, 1.165) is 14.9 Å². The normalized spacial score (nSPS) is 11.6. The van der Waals surface area contributed by atoms with Crippen molar-refractivity contribution in [3.8, 4) is 0 Å². The first-order chi connectivity index (χ1) is 9.79. The molecule has 0 radical (unpaired) electrons. The number of rotatable bonds is 5. The fraction of sp³-hybridized carbons (Fsp3) is 0.308. The number of imide groups is 1. The predicted octanol–water partition coefficient (Wildman–Crippen LogP) is 1.98. The van der Waals surface area contributed by atoms with E-state index in [4.69, 9.17) is 10.5 Å². The molecule has 0 saturated heterocycles. The number of nitrogens with two attached hydrogens (primary N) is 1. The van der Waals surface area contributed by atoms with Crippen LogP contribution in [0.4, 0.5) is 4.79 Å². The lowest BCUT2D eigenvalue weighted by Crippen LogP contribution is -2.42. The van der Waals surface area contributed by atoms with Gasteiger partial charge in [0.2, 0.25) is 0 Å². The Bertz CT molecular complexity index is 565. The largest absolute Gasteiger partial charge is 0.452 e. The smallest absolute Gasteiger partial charge is 0.318 e. The van der Waals surface area contributed by atoms with E-state index in [1.807, 2.05) is 30.4 Å². The highest BCUT2D eigenvalue weighted by molar-refractivity contribution is 9.10. The number of carbonyl (C=O) groups excluding carboxylic acids is 3. The quantitative estimate of drug-likeness (QED) is 0.606. The zero-order valence-corrected chi connectivity index (χ0v) is 13.9. The van der Waals surface area contributed by atoms with Gasteiger partial charge in [0.15, 0.2) is 6.10 Å². The van der Waals surface area contributed by atoms with E-state index in [9.17, 15) is 14.4 Å². The minimum Gasteiger partial charge on any atom is -0.452 e. The third-order valence-corrected chi connectivity index (χ3v) is 4.05. The number of hydrogen-bond donors (Lipinski definition) is 2. The van der Waals surface area contributed by atoms with Gasteiger partial charge in [-0.3, -0.25) is 14.9 Å². The van der Waals surface area contributed by atoms with Crippen LogP contribution in [0.3, 0.4) is 0 Å². The summed E-state index contributed by atoms with van der Waals surface area (Å²) in [6, 6.07) is 4.73. The summed E-state index contributed by atoms with van der Waals surface area (Å²) in [6.45, 7) is 3.30. The standard InChI is InChI=1S/C13H15BrN2O4S/c1-7-5-9(14)3-4-10(7)21-6-11(17)20-8(2)12(18)16-13(15)19/h3-5,8H,6H2,1-2H3,(H3,15,16,18,19)/t8-/m0/s1. The molecule has 0 bridgehead atoms. The Morgan fingerprint density at radius 3 is 2.67 bits per heavy atom. The molecule has 0 spiro atoms. The molecule has 21 heavy (non-hydrogen) atoms. The van der Waals surface area contributed by atoms with Crippen LogP contribution >= 0.6 is 27.7 Å². The average molecular weight is 375 g/mol. The number of benzene rings is 1. The minimum atomic E-state index is -1.07. The van der Waals surface area contributed by atoms with Crippen molar-refractivity contribution >= 4 is 45.6 Å². The highest BCUT2D eigenvalue weighted by atomic mass is 79.9. The van der Waals surface area contributed by atoms with Gasteiger partial charge in [-0.15, -0.1) is 11.8 Å². The second kappa shape index (κ2) is 8.04. The molecule has 0 saturated carbocycles. The molecule has 0 heterocycles. The first-order valence-electron chi connectivity index (χ1n) is 5.98. The van der Waals surface area contributed by atoms with E-state index in [-0.39, 0.29) is 5.75 Å². The van der Waals surface area contributed by atoms with Gasteiger partial charge in [-0.1, -0.05) is 15.9 Å². The van der Waals surface area contributed by atoms with Gasteiger partial charge in [0.05, 0.1) is 5.75 Å². The summed E-state index contributed by atoms with van der Waals surface area (Å²) in [5.74, 6) is -1.23. The van der Waals surface area contributed by atoms with Gasteiger partial charge < -0.3 is 10.5 Å². The molecule has 114 valence electrons. The summed E-state index contributed by atoms with van der Waals surface area (Å²) < 4.78 is 5.87. The molecule has 0 aliphatic rings. The summed E-state index contributed by atoms with van der Waals surface area (Å²) in [6.07, 6.45) is -1.07. The molecule has 0 aliphatic heterocycles. The molecule has 3 N–H and O–H groups in total. The van der Waals surface area contributed by atoms with Gasteiger partial charge in [-0.05, 0) is 37.6 Å². The fourth-order valence-corrected chi connectivity index (χ4v) is 2.69. The maximum Gasteiger partial charge on any atom is 0.318 e. The van der Waals surface area contributed by atoms with E-state index in [2.05, 4.69) is 15.9 Å². The van der Waals surface area contributed by atoms with Gasteiger partial charge in [0.1, 0.15) is 0 Å². The summed E-state index contributed by atoms with van der Waals surface area (Å²) in [5.41, 5.74) is 5.84. The fourth-order valence-electron chi connectivity index (χ4n) is 1.42. The number of nitrogens with one attached hydrogen (secondary N) is 1. The third-order valence-electron chi connectivity index (χ3n) is 2.41. The average Bonchev–Trinajstić information content (AvgIpc) is 2.36. The highest BCUT2D eigenvalue weighted by Gasteiger charge is 2.19. The van der Waals surface area contributed by atoms with Crippen LogP contribution in [-0.4, -0.2) is 29.8 Å². The number of urea groups is 1. The van der Waals surface area contributed by atoms with Gasteiger partial charge in [0.25, 0.3) is 5.91 Å². The van der Waals surface area contributed by atoms with Crippen molar-refractivity contribution in [1.29, 1.82) is 0 Å². The lowest BCUT2D eigenvalue weighted by molar-refractivity contribution is -0.151. The van der Waals surface area contributed by atoms with E-state index in [1.165, 1.54) is 18.7 Å². The molecule has 0 unspecified atom stereocenters. The van der Waals surface area contributed by atoms with E-state index in [0.29, 0.717) is 0 Å². The van der Waals surface area contributed by atoms with Crippen LogP contribution in [0, 0.1) is 6.92 Å². The Balaban J connectivity index is 2.47. The van der Waals surface area contributed by atoms with Gasteiger partial charge >= 0.3 is 12.0 Å². The molecular weight excluding hydrogens is 360 g/mol. The molecule has 1 rings (SSSR count). The molecule has 1 aromatic rings. The number of carbonyl (C=O) groups is 3. The minimum absolute atomic E-state index is 0.0661. The Morgan fingerprint density at radius 1 is 1.43 bits per heavy atom. The van der Waals surface area contributed by atoms with Crippen molar-refractivity contribution in [2.45, 2.75) is 24.8 Å². The van der Waals surface area contributed by atoms with Crippen molar-refractivity contribution in [3.63, 3.8) is 0 Å². The van der Waals surface area contributed by atoms with Crippen LogP contribution in [0.1, 0.15) is 12.5 Å². The molecule has 0 aliphatic carbocycles. The summed E-state index contributed by atoms with van der Waals surface area (Å²) in [5, 5.41) is 1.85. The van der Waals surface area contributed by atoms with Crippen molar-refractivity contribution in [1.82, 2.24) is 5.32 Å². The molecule has 0 fully saturated rings. The second-order valence-electron chi connectivity index (χ2n) is 4.18. The molecular formula is C13H15BrN2O4S. The number of halogens is 1. The molecule has 1 aromatic carbocycles. The van der Waals surface area contributed by atoms with Crippen LogP contribution in [0.15, 0.2) is 27.6 Å². The molecule has 3 amide bonds. The van der Waals surface area contributed by atoms with Crippen molar-refractivity contribution in [3.05, 3.63) is 28.2 Å². The van der Waals surface area contributed by atoms with Crippen molar-refractivity contribution in [2.75, 3.05) is 5.75 Å². The first kappa shape index (κ1) is 17.5. The summed E-state index contributed by atoms with van der Waals surface area (Å²) in [4.78, 5) is 34.5. The summed E-state index contributed by atoms with van der Waals surface area (Å²) >= 11 is 4.67. The van der Waals surface area contributed by atoms with Crippen LogP contribution < -0.4 is 11.1 Å². The molecule has 8 heteroatoms. The lowest BCUT2D eigenvalue weighted by Gasteiger charge is -2.12. The Kier molecular flexibility index (Phi) is 6.70. The predicted molar refractivity (Wildman–Crippen MR) is 82.9 cm³/mol. The third kappa shape index (κ3) is 6.17. The SMILES string of the molecule is Cc1cc(Br)ccc1SCC(=O)O[C@@H](C)C(=O)NC(N)=O. The number of esters is 1. The maximum absolute atomic E-state index is 11.6. The number of thioether (sulfide) groups is 1. The van der Waals surface area contributed by atoms with Gasteiger partial charge in [0, 0.05) is 9.37 Å². The topological polar surface area (TPSA) is 98.5 Å². The van der Waals surface area contributed by atoms with E-state index in [1.54, 1.807) is 0 Å². The maximum atomic E-state index is 11.6. The van der Waals surface area contributed by atoms with E-state index >= 15 is 0 Å².